The molecule has 0 saturated carbocycles. The van der Waals surface area contributed by atoms with E-state index in [1.54, 1.807) is 0 Å². The van der Waals surface area contributed by atoms with E-state index in [1.165, 1.54) is 0 Å². The van der Waals surface area contributed by atoms with E-state index >= 15 is 0 Å². The lowest BCUT2D eigenvalue weighted by molar-refractivity contribution is 0.307. The molecule has 0 spiro atoms. The van der Waals surface area contributed by atoms with Crippen molar-refractivity contribution >= 4 is 15.9 Å². The quantitative estimate of drug-likeness (QED) is 0.887. The van der Waals surface area contributed by atoms with Gasteiger partial charge < -0.3 is 9.73 Å². The topological polar surface area (TPSA) is 25.2 Å². The van der Waals surface area contributed by atoms with Crippen molar-refractivity contribution in [1.82, 2.24) is 5.32 Å². The first-order chi connectivity index (χ1) is 5.98. The molecule has 0 bridgehead atoms. The van der Waals surface area contributed by atoms with Gasteiger partial charge in [-0.3, -0.25) is 0 Å². The fourth-order valence-electron chi connectivity index (χ4n) is 1.23. The zero-order chi connectivity index (χ0) is 10.1. The minimum Gasteiger partial charge on any atom is -0.454 e. The molecule has 1 N–H and O–H groups in total. The molecule has 0 amide bonds. The highest BCUT2D eigenvalue weighted by Crippen LogP contribution is 2.30. The van der Waals surface area contributed by atoms with Crippen LogP contribution in [0.4, 0.5) is 0 Å². The molecular formula is C10H16BrNO. The molecule has 2 nitrogen and oxygen atoms in total. The lowest BCUT2D eigenvalue weighted by Gasteiger charge is -2.29. The molecule has 1 unspecified atom stereocenters. The molecule has 74 valence electrons. The van der Waals surface area contributed by atoms with E-state index in [2.05, 4.69) is 42.0 Å². The fraction of sp³-hybridized carbons (Fsp3) is 0.600. The summed E-state index contributed by atoms with van der Waals surface area (Å²) in [5.41, 5.74) is 0.0147. The smallest absolute Gasteiger partial charge is 0.169 e. The predicted octanol–water partition coefficient (Wildman–Crippen LogP) is 2.93. The van der Waals surface area contributed by atoms with Gasteiger partial charge in [-0.15, -0.1) is 0 Å². The van der Waals surface area contributed by atoms with Crippen LogP contribution in [-0.2, 0) is 5.41 Å². The Hall–Kier alpha value is -0.280. The van der Waals surface area contributed by atoms with E-state index in [4.69, 9.17) is 4.42 Å². The maximum absolute atomic E-state index is 5.55. The second-order valence-corrected chi connectivity index (χ2v) is 4.62. The first-order valence-corrected chi connectivity index (χ1v) is 5.21. The molecule has 13 heavy (non-hydrogen) atoms. The van der Waals surface area contributed by atoms with Crippen LogP contribution >= 0.6 is 15.9 Å². The molecule has 1 rings (SSSR count). The molecule has 0 aliphatic carbocycles. The van der Waals surface area contributed by atoms with Crippen molar-refractivity contribution in [3.05, 3.63) is 22.6 Å². The largest absolute Gasteiger partial charge is 0.454 e. The molecular weight excluding hydrogens is 230 g/mol. The maximum atomic E-state index is 5.55. The van der Waals surface area contributed by atoms with E-state index in [0.717, 1.165) is 10.4 Å². The average Bonchev–Trinajstić information content (AvgIpc) is 2.50. The molecule has 1 aromatic heterocycles. The van der Waals surface area contributed by atoms with E-state index in [1.807, 2.05) is 19.2 Å². The van der Waals surface area contributed by atoms with Crippen LogP contribution < -0.4 is 5.32 Å². The molecule has 3 heteroatoms. The van der Waals surface area contributed by atoms with Crippen molar-refractivity contribution in [1.29, 1.82) is 0 Å². The molecule has 1 heterocycles. The van der Waals surface area contributed by atoms with Crippen molar-refractivity contribution in [2.75, 3.05) is 7.05 Å². The van der Waals surface area contributed by atoms with Gasteiger partial charge in [-0.05, 0) is 42.0 Å². The molecule has 0 aliphatic heterocycles. The van der Waals surface area contributed by atoms with Crippen molar-refractivity contribution < 1.29 is 4.42 Å². The van der Waals surface area contributed by atoms with Gasteiger partial charge in [-0.1, -0.05) is 13.8 Å². The average molecular weight is 246 g/mol. The number of nitrogens with one attached hydrogen (secondary N) is 1. The van der Waals surface area contributed by atoms with Gasteiger partial charge in [0.25, 0.3) is 0 Å². The van der Waals surface area contributed by atoms with Gasteiger partial charge in [0, 0.05) is 11.5 Å². The second kappa shape index (κ2) is 3.84. The highest BCUT2D eigenvalue weighted by molar-refractivity contribution is 9.10. The molecule has 0 radical (unpaired) electrons. The highest BCUT2D eigenvalue weighted by atomic mass is 79.9. The minimum absolute atomic E-state index is 0.0147. The summed E-state index contributed by atoms with van der Waals surface area (Å²) in [5.74, 6) is 1.00. The third-order valence-electron chi connectivity index (χ3n) is 2.72. The van der Waals surface area contributed by atoms with Crippen LogP contribution in [0.15, 0.2) is 21.2 Å². The summed E-state index contributed by atoms with van der Waals surface area (Å²) in [6, 6.07) is 4.32. The number of halogens is 1. The van der Waals surface area contributed by atoms with Gasteiger partial charge in [-0.2, -0.15) is 0 Å². The lowest BCUT2D eigenvalue weighted by Crippen LogP contribution is -2.40. The monoisotopic (exact) mass is 245 g/mol. The third-order valence-corrected chi connectivity index (χ3v) is 3.15. The first-order valence-electron chi connectivity index (χ1n) is 4.41. The molecule has 1 atom stereocenters. The summed E-state index contributed by atoms with van der Waals surface area (Å²) in [7, 11) is 1.96. The summed E-state index contributed by atoms with van der Waals surface area (Å²) < 4.78 is 6.34. The van der Waals surface area contributed by atoms with Gasteiger partial charge in [0.15, 0.2) is 4.67 Å². The van der Waals surface area contributed by atoms with Crippen molar-refractivity contribution in [3.63, 3.8) is 0 Å². The number of rotatable bonds is 3. The summed E-state index contributed by atoms with van der Waals surface area (Å²) in [6.45, 7) is 6.48. The van der Waals surface area contributed by atoms with Gasteiger partial charge in [0.05, 0.1) is 0 Å². The Balaban J connectivity index is 2.92. The minimum atomic E-state index is 0.0147. The Morgan fingerprint density at radius 1 is 1.46 bits per heavy atom. The van der Waals surface area contributed by atoms with E-state index in [-0.39, 0.29) is 5.41 Å². The van der Waals surface area contributed by atoms with Crippen molar-refractivity contribution in [3.8, 4) is 0 Å². The Morgan fingerprint density at radius 3 is 2.46 bits per heavy atom. The molecule has 0 aromatic carbocycles. The van der Waals surface area contributed by atoms with Crippen molar-refractivity contribution in [2.45, 2.75) is 32.2 Å². The van der Waals surface area contributed by atoms with Gasteiger partial charge >= 0.3 is 0 Å². The van der Waals surface area contributed by atoms with Crippen LogP contribution in [0.3, 0.4) is 0 Å². The summed E-state index contributed by atoms with van der Waals surface area (Å²) in [4.78, 5) is 0. The zero-order valence-electron chi connectivity index (χ0n) is 8.52. The van der Waals surface area contributed by atoms with Crippen LogP contribution in [0.1, 0.15) is 26.5 Å². The first kappa shape index (κ1) is 10.8. The Morgan fingerprint density at radius 2 is 2.08 bits per heavy atom. The zero-order valence-corrected chi connectivity index (χ0v) is 10.1. The van der Waals surface area contributed by atoms with Crippen LogP contribution in [0, 0.1) is 0 Å². The van der Waals surface area contributed by atoms with Crippen LogP contribution in [0.2, 0.25) is 0 Å². The third kappa shape index (κ3) is 2.15. The Kier molecular flexibility index (Phi) is 3.19. The number of furan rings is 1. The standard InChI is InChI=1S/C10H16BrNO/c1-7(12-4)10(2,3)8-5-6-9(11)13-8/h5-7,12H,1-4H3. The molecule has 0 fully saturated rings. The maximum Gasteiger partial charge on any atom is 0.169 e. The number of likely N-dealkylation sites (N-methyl/N-ethyl adjacent to an activating group) is 1. The SMILES string of the molecule is CNC(C)C(C)(C)c1ccc(Br)o1. The van der Waals surface area contributed by atoms with Crippen LogP contribution in [0.5, 0.6) is 0 Å². The molecule has 0 aliphatic rings. The number of hydrogen-bond acceptors (Lipinski definition) is 2. The second-order valence-electron chi connectivity index (χ2n) is 3.84. The van der Waals surface area contributed by atoms with Gasteiger partial charge in [-0.25, -0.2) is 0 Å². The van der Waals surface area contributed by atoms with Gasteiger partial charge in [0.2, 0.25) is 0 Å². The Bertz CT molecular complexity index is 280. The molecule has 1 aromatic rings. The van der Waals surface area contributed by atoms with Crippen molar-refractivity contribution in [2.24, 2.45) is 0 Å². The van der Waals surface area contributed by atoms with Crippen LogP contribution in [0.25, 0.3) is 0 Å². The summed E-state index contributed by atoms with van der Waals surface area (Å²) in [5, 5.41) is 3.24. The Labute approximate surface area is 87.8 Å². The van der Waals surface area contributed by atoms with Gasteiger partial charge in [0.1, 0.15) is 5.76 Å². The highest BCUT2D eigenvalue weighted by Gasteiger charge is 2.29. The molecule has 0 saturated heterocycles. The van der Waals surface area contributed by atoms with E-state index in [9.17, 15) is 0 Å². The summed E-state index contributed by atoms with van der Waals surface area (Å²) >= 11 is 3.31. The summed E-state index contributed by atoms with van der Waals surface area (Å²) in [6.07, 6.45) is 0. The van der Waals surface area contributed by atoms with E-state index < -0.39 is 0 Å². The number of hydrogen-bond donors (Lipinski definition) is 1. The fourth-order valence-corrected chi connectivity index (χ4v) is 1.54. The van der Waals surface area contributed by atoms with Crippen LogP contribution in [-0.4, -0.2) is 13.1 Å². The van der Waals surface area contributed by atoms with E-state index in [0.29, 0.717) is 6.04 Å². The lowest BCUT2D eigenvalue weighted by atomic mass is 9.83. The predicted molar refractivity (Wildman–Crippen MR) is 58.0 cm³/mol. The normalized spacial score (nSPS) is 14.5.